The summed E-state index contributed by atoms with van der Waals surface area (Å²) in [6, 6.07) is 40.9. The molecule has 0 fully saturated rings. The third-order valence-corrected chi connectivity index (χ3v) is 10.2. The molecule has 0 spiro atoms. The van der Waals surface area contributed by atoms with Crippen LogP contribution in [-0.4, -0.2) is 5.91 Å². The van der Waals surface area contributed by atoms with Gasteiger partial charge in [0.25, 0.3) is 0 Å². The van der Waals surface area contributed by atoms with E-state index < -0.39 is 29.4 Å². The molecule has 0 aliphatic heterocycles. The van der Waals surface area contributed by atoms with Gasteiger partial charge in [-0.2, -0.15) is 0 Å². The van der Waals surface area contributed by atoms with Crippen molar-refractivity contribution in [2.24, 2.45) is 0 Å². The van der Waals surface area contributed by atoms with Crippen molar-refractivity contribution in [2.75, 3.05) is 5.32 Å². The van der Waals surface area contributed by atoms with Crippen molar-refractivity contribution in [3.8, 4) is 0 Å². The molecule has 6 heteroatoms. The minimum Gasteiger partial charge on any atom is -0.325 e. The number of halogens is 4. The van der Waals surface area contributed by atoms with E-state index in [-0.39, 0.29) is 17.5 Å². The predicted molar refractivity (Wildman–Crippen MR) is 198 cm³/mol. The Bertz CT molecular complexity index is 2330. The standard InChI is InChI=1S/C46H33F4NO/c1-27-24-34(42(29-8-16-35(47)17-9-29)30-10-18-36(48)19-11-30)26-41(43(31-12-20-37(49)21-13-31)32-14-22-38(50)23-15-32)45(27)51-46(52)40-25-33-6-2-4-28-5-3-7-39(40)44(28)33/h2-24,26,40,42-43H,25H2,1H3,(H,51,52). The molecule has 8 rings (SSSR count). The molecular weight excluding hydrogens is 659 g/mol. The fourth-order valence-corrected chi connectivity index (χ4v) is 7.84. The van der Waals surface area contributed by atoms with Gasteiger partial charge in [0, 0.05) is 17.5 Å². The maximum atomic E-state index is 14.5. The average molecular weight is 692 g/mol. The summed E-state index contributed by atoms with van der Waals surface area (Å²) in [5.74, 6) is -3.14. The second kappa shape index (κ2) is 13.6. The molecule has 52 heavy (non-hydrogen) atoms. The summed E-state index contributed by atoms with van der Waals surface area (Å²) in [4.78, 5) is 14.5. The SMILES string of the molecule is Cc1cc(C(c2ccc(F)cc2)c2ccc(F)cc2)cc(C(c2ccc(F)cc2)c2ccc(F)cc2)c1NC(=O)C1Cc2cccc3cccc1c23. The van der Waals surface area contributed by atoms with Crippen molar-refractivity contribution < 1.29 is 22.4 Å². The number of anilines is 1. The van der Waals surface area contributed by atoms with Gasteiger partial charge in [-0.25, -0.2) is 17.6 Å². The Kier molecular flexibility index (Phi) is 8.67. The molecule has 0 bridgehead atoms. The van der Waals surface area contributed by atoms with Gasteiger partial charge in [0.1, 0.15) is 23.3 Å². The molecular formula is C46H33F4NO. The van der Waals surface area contributed by atoms with E-state index in [2.05, 4.69) is 23.5 Å². The number of carbonyl (C=O) groups excluding carboxylic acids is 1. The summed E-state index contributed by atoms with van der Waals surface area (Å²) in [7, 11) is 0. The molecule has 1 aliphatic carbocycles. The predicted octanol–water partition coefficient (Wildman–Crippen LogP) is 11.3. The molecule has 1 unspecified atom stereocenters. The highest BCUT2D eigenvalue weighted by atomic mass is 19.1. The van der Waals surface area contributed by atoms with Gasteiger partial charge in [0.05, 0.1) is 5.92 Å². The molecule has 2 nitrogen and oxygen atoms in total. The van der Waals surface area contributed by atoms with Crippen LogP contribution < -0.4 is 5.32 Å². The van der Waals surface area contributed by atoms with Crippen LogP contribution in [0.2, 0.25) is 0 Å². The average Bonchev–Trinajstić information content (AvgIpc) is 3.53. The van der Waals surface area contributed by atoms with Crippen molar-refractivity contribution in [3.05, 3.63) is 219 Å². The van der Waals surface area contributed by atoms with Gasteiger partial charge in [-0.15, -0.1) is 0 Å². The third-order valence-electron chi connectivity index (χ3n) is 10.2. The molecule has 0 radical (unpaired) electrons. The number of benzene rings is 7. The number of rotatable bonds is 8. The van der Waals surface area contributed by atoms with E-state index >= 15 is 0 Å². The molecule has 1 atom stereocenters. The number of carbonyl (C=O) groups is 1. The summed E-state index contributed by atoms with van der Waals surface area (Å²) in [6.45, 7) is 1.92. The quantitative estimate of drug-likeness (QED) is 0.125. The summed E-state index contributed by atoms with van der Waals surface area (Å²) in [6.07, 6.45) is 0.561. The molecule has 0 saturated carbocycles. The van der Waals surface area contributed by atoms with Crippen molar-refractivity contribution in [3.63, 3.8) is 0 Å². The molecule has 1 aliphatic rings. The molecule has 7 aromatic carbocycles. The molecule has 0 saturated heterocycles. The van der Waals surface area contributed by atoms with Crippen molar-refractivity contribution in [1.82, 2.24) is 0 Å². The number of amides is 1. The molecule has 7 aromatic rings. The number of hydrogen-bond donors (Lipinski definition) is 1. The lowest BCUT2D eigenvalue weighted by atomic mass is 9.78. The van der Waals surface area contributed by atoms with Gasteiger partial charge in [0.15, 0.2) is 0 Å². The summed E-state index contributed by atoms with van der Waals surface area (Å²) >= 11 is 0. The Morgan fingerprint density at radius 1 is 0.577 bits per heavy atom. The van der Waals surface area contributed by atoms with Gasteiger partial charge in [-0.3, -0.25) is 4.79 Å². The number of aryl methyl sites for hydroxylation is 1. The number of hydrogen-bond acceptors (Lipinski definition) is 1. The van der Waals surface area contributed by atoms with Crippen LogP contribution in [0.4, 0.5) is 23.2 Å². The van der Waals surface area contributed by atoms with E-state index in [9.17, 15) is 22.4 Å². The Balaban J connectivity index is 1.32. The lowest BCUT2D eigenvalue weighted by molar-refractivity contribution is -0.117. The normalized spacial score (nSPS) is 13.6. The van der Waals surface area contributed by atoms with Crippen LogP contribution >= 0.6 is 0 Å². The molecule has 256 valence electrons. The fourth-order valence-electron chi connectivity index (χ4n) is 7.84. The summed E-state index contributed by atoms with van der Waals surface area (Å²) in [5.41, 5.74) is 8.02. The van der Waals surface area contributed by atoms with Crippen LogP contribution in [-0.2, 0) is 11.2 Å². The van der Waals surface area contributed by atoms with E-state index in [4.69, 9.17) is 0 Å². The molecule has 1 amide bonds. The van der Waals surface area contributed by atoms with Gasteiger partial charge in [-0.05, 0) is 123 Å². The van der Waals surface area contributed by atoms with Crippen molar-refractivity contribution in [2.45, 2.75) is 31.1 Å². The molecule has 0 heterocycles. The topological polar surface area (TPSA) is 29.1 Å². The maximum Gasteiger partial charge on any atom is 0.232 e. The summed E-state index contributed by atoms with van der Waals surface area (Å²) in [5, 5.41) is 5.51. The fraction of sp³-hybridized carbons (Fsp3) is 0.109. The zero-order chi connectivity index (χ0) is 35.9. The van der Waals surface area contributed by atoms with E-state index in [0.717, 1.165) is 55.3 Å². The minimum atomic E-state index is -0.554. The molecule has 0 aromatic heterocycles. The van der Waals surface area contributed by atoms with Crippen LogP contribution in [0, 0.1) is 30.2 Å². The third kappa shape index (κ3) is 6.26. The second-order valence-corrected chi connectivity index (χ2v) is 13.5. The lowest BCUT2D eigenvalue weighted by Gasteiger charge is -2.28. The zero-order valence-corrected chi connectivity index (χ0v) is 28.2. The minimum absolute atomic E-state index is 0.161. The smallest absolute Gasteiger partial charge is 0.232 e. The van der Waals surface area contributed by atoms with Crippen LogP contribution in [0.5, 0.6) is 0 Å². The first kappa shape index (κ1) is 33.2. The van der Waals surface area contributed by atoms with Crippen molar-refractivity contribution >= 4 is 22.4 Å². The van der Waals surface area contributed by atoms with E-state index in [1.165, 1.54) is 48.5 Å². The van der Waals surface area contributed by atoms with Crippen molar-refractivity contribution in [1.29, 1.82) is 0 Å². The first-order valence-corrected chi connectivity index (χ1v) is 17.2. The van der Waals surface area contributed by atoms with Gasteiger partial charge >= 0.3 is 0 Å². The second-order valence-electron chi connectivity index (χ2n) is 13.5. The largest absolute Gasteiger partial charge is 0.325 e. The lowest BCUT2D eigenvalue weighted by Crippen LogP contribution is -2.23. The zero-order valence-electron chi connectivity index (χ0n) is 28.2. The van der Waals surface area contributed by atoms with Gasteiger partial charge in [0.2, 0.25) is 5.91 Å². The van der Waals surface area contributed by atoms with Gasteiger partial charge in [-0.1, -0.05) is 97.1 Å². The maximum absolute atomic E-state index is 14.5. The van der Waals surface area contributed by atoms with Crippen LogP contribution in [0.1, 0.15) is 67.8 Å². The molecule has 1 N–H and O–H groups in total. The Morgan fingerprint density at radius 2 is 1.04 bits per heavy atom. The van der Waals surface area contributed by atoms with Gasteiger partial charge < -0.3 is 5.32 Å². The first-order valence-electron chi connectivity index (χ1n) is 17.2. The monoisotopic (exact) mass is 691 g/mol. The van der Waals surface area contributed by atoms with E-state index in [1.807, 2.05) is 37.3 Å². The highest BCUT2D eigenvalue weighted by Gasteiger charge is 2.32. The van der Waals surface area contributed by atoms with Crippen LogP contribution in [0.3, 0.4) is 0 Å². The number of nitrogens with one attached hydrogen (secondary N) is 1. The highest BCUT2D eigenvalue weighted by molar-refractivity contribution is 6.04. The Hall–Kier alpha value is -6.01. The highest BCUT2D eigenvalue weighted by Crippen LogP contribution is 2.44. The summed E-state index contributed by atoms with van der Waals surface area (Å²) < 4.78 is 57.1. The van der Waals surface area contributed by atoms with E-state index in [1.54, 1.807) is 48.5 Å². The Morgan fingerprint density at radius 3 is 1.54 bits per heavy atom. The van der Waals surface area contributed by atoms with E-state index in [0.29, 0.717) is 17.7 Å². The first-order chi connectivity index (χ1) is 25.2. The Labute approximate surface area is 299 Å². The van der Waals surface area contributed by atoms with Crippen LogP contribution in [0.25, 0.3) is 10.8 Å². The van der Waals surface area contributed by atoms with Crippen LogP contribution in [0.15, 0.2) is 146 Å².